The molecule has 7 aliphatic rings. The highest BCUT2D eigenvalue weighted by Crippen LogP contribution is 2.51. The third-order valence-electron chi connectivity index (χ3n) is 15.9. The first-order chi connectivity index (χ1) is 31.6. The van der Waals surface area contributed by atoms with Crippen LogP contribution in [0.15, 0.2) is 42.7 Å². The van der Waals surface area contributed by atoms with Crippen molar-refractivity contribution >= 4 is 46.6 Å². The molecule has 2 aromatic carbocycles. The van der Waals surface area contributed by atoms with Crippen LogP contribution in [-0.2, 0) is 27.5 Å². The Morgan fingerprint density at radius 2 is 1.59 bits per heavy atom. The molecule has 6 aliphatic heterocycles. The van der Waals surface area contributed by atoms with Gasteiger partial charge >= 0.3 is 0 Å². The number of likely N-dealkylation sites (tertiary alicyclic amines) is 1. The van der Waals surface area contributed by atoms with Crippen LogP contribution < -0.4 is 30.7 Å². The average Bonchev–Trinajstić information content (AvgIpc) is 3.59. The number of amides is 4. The van der Waals surface area contributed by atoms with Crippen molar-refractivity contribution in [3.05, 3.63) is 71.1 Å². The standard InChI is InChI=1S/C49H63F2N11O4/c1-47(2)10-16-58(17-11-47)25-32-20-37(51)40(21-36(32)50)60-27-44(64)56-49(30-60)12-18-59(19-13-49)41-22-42(54-31-53-41)61-28-48(29-61)23-33(24-48)57(3)15-5-14-52-38-7-4-6-34-35(38)26-62(46(34)66)39-8-9-43(63)55-45(39)65/h4,6-7,20-22,31,33,39,52H,5,8-19,23-30H2,1-3H3,(H,56,64)(H,55,63,65). The van der Waals surface area contributed by atoms with Gasteiger partial charge in [-0.25, -0.2) is 18.7 Å². The Balaban J connectivity index is 0.669. The van der Waals surface area contributed by atoms with E-state index in [1.807, 2.05) is 18.2 Å². The van der Waals surface area contributed by atoms with Gasteiger partial charge in [0.25, 0.3) is 5.91 Å². The van der Waals surface area contributed by atoms with Gasteiger partial charge in [0.1, 0.15) is 35.6 Å². The SMILES string of the molecule is CN(CCCNc1cccc2c1CN(C1CCC(=O)NC1=O)C2=O)C1CC2(C1)CN(c1cc(N3CCC4(CC3)CN(c3cc(F)c(CN5CCC(C)(C)CC5)cc3F)CC(=O)N4)ncn1)C2. The number of rotatable bonds is 12. The van der Waals surface area contributed by atoms with E-state index in [4.69, 9.17) is 0 Å². The summed E-state index contributed by atoms with van der Waals surface area (Å²) in [7, 11) is 2.20. The lowest BCUT2D eigenvalue weighted by Gasteiger charge is -2.61. The van der Waals surface area contributed by atoms with Crippen LogP contribution in [0, 0.1) is 22.5 Å². The van der Waals surface area contributed by atoms with Gasteiger partial charge in [0.2, 0.25) is 17.7 Å². The molecule has 4 amide bonds. The molecule has 1 unspecified atom stereocenters. The van der Waals surface area contributed by atoms with Crippen LogP contribution in [0.3, 0.4) is 0 Å². The molecular weight excluding hydrogens is 845 g/mol. The molecule has 1 aliphatic carbocycles. The molecule has 7 heterocycles. The van der Waals surface area contributed by atoms with Gasteiger partial charge in [0.15, 0.2) is 0 Å². The predicted molar refractivity (Wildman–Crippen MR) is 247 cm³/mol. The first-order valence-electron chi connectivity index (χ1n) is 23.9. The maximum absolute atomic E-state index is 15.7. The lowest BCUT2D eigenvalue weighted by atomic mass is 9.60. The van der Waals surface area contributed by atoms with Crippen molar-refractivity contribution in [3.8, 4) is 0 Å². The molecule has 5 saturated heterocycles. The summed E-state index contributed by atoms with van der Waals surface area (Å²) in [6.07, 6.45) is 8.81. The first kappa shape index (κ1) is 44.4. The molecule has 1 atom stereocenters. The molecule has 1 aromatic heterocycles. The van der Waals surface area contributed by atoms with Gasteiger partial charge < -0.3 is 35.1 Å². The monoisotopic (exact) mass is 908 g/mol. The highest BCUT2D eigenvalue weighted by atomic mass is 19.1. The minimum Gasteiger partial charge on any atom is -0.385 e. The van der Waals surface area contributed by atoms with Gasteiger partial charge in [0, 0.05) is 105 Å². The Morgan fingerprint density at radius 1 is 0.848 bits per heavy atom. The van der Waals surface area contributed by atoms with E-state index in [2.05, 4.69) is 72.5 Å². The van der Waals surface area contributed by atoms with Gasteiger partial charge in [-0.2, -0.15) is 0 Å². The number of benzene rings is 2. The minimum atomic E-state index is -0.629. The average molecular weight is 908 g/mol. The molecule has 352 valence electrons. The number of aromatic nitrogens is 2. The van der Waals surface area contributed by atoms with Crippen LogP contribution >= 0.6 is 0 Å². The number of piperazine rings is 1. The fourth-order valence-electron chi connectivity index (χ4n) is 11.7. The summed E-state index contributed by atoms with van der Waals surface area (Å²) in [5, 5.41) is 9.14. The maximum atomic E-state index is 15.7. The Kier molecular flexibility index (Phi) is 11.7. The van der Waals surface area contributed by atoms with Crippen molar-refractivity contribution in [2.75, 3.05) is 92.5 Å². The number of imide groups is 1. The van der Waals surface area contributed by atoms with Gasteiger partial charge in [-0.1, -0.05) is 19.9 Å². The second-order valence-corrected chi connectivity index (χ2v) is 21.2. The third kappa shape index (κ3) is 8.80. The van der Waals surface area contributed by atoms with Crippen molar-refractivity contribution in [1.29, 1.82) is 0 Å². The number of carbonyl (C=O) groups is 4. The summed E-state index contributed by atoms with van der Waals surface area (Å²) in [6.45, 7) is 12.3. The number of piperidine rings is 3. The number of carbonyl (C=O) groups excluding carboxylic acids is 4. The Morgan fingerprint density at radius 3 is 2.33 bits per heavy atom. The smallest absolute Gasteiger partial charge is 0.255 e. The quantitative estimate of drug-likeness (QED) is 0.174. The fraction of sp³-hybridized carbons (Fsp3) is 0.592. The molecule has 66 heavy (non-hydrogen) atoms. The molecule has 2 spiro atoms. The highest BCUT2D eigenvalue weighted by molar-refractivity contribution is 6.06. The van der Waals surface area contributed by atoms with Crippen LogP contribution in [0.25, 0.3) is 0 Å². The van der Waals surface area contributed by atoms with E-state index in [1.165, 1.54) is 12.1 Å². The number of halogens is 2. The molecule has 1 saturated carbocycles. The summed E-state index contributed by atoms with van der Waals surface area (Å²) < 4.78 is 31.2. The number of nitrogens with one attached hydrogen (secondary N) is 3. The van der Waals surface area contributed by atoms with E-state index in [0.717, 1.165) is 94.3 Å². The predicted octanol–water partition coefficient (Wildman–Crippen LogP) is 4.52. The van der Waals surface area contributed by atoms with Crippen molar-refractivity contribution in [1.82, 2.24) is 35.3 Å². The largest absolute Gasteiger partial charge is 0.385 e. The van der Waals surface area contributed by atoms with Crippen LogP contribution in [0.2, 0.25) is 0 Å². The highest BCUT2D eigenvalue weighted by Gasteiger charge is 2.54. The van der Waals surface area contributed by atoms with Crippen LogP contribution in [0.1, 0.15) is 93.1 Å². The van der Waals surface area contributed by atoms with Gasteiger partial charge in [-0.15, -0.1) is 0 Å². The van der Waals surface area contributed by atoms with Crippen molar-refractivity contribution < 1.29 is 28.0 Å². The second kappa shape index (κ2) is 17.3. The topological polar surface area (TPSA) is 150 Å². The number of nitrogens with zero attached hydrogens (tertiary/aromatic N) is 8. The van der Waals surface area contributed by atoms with Gasteiger partial charge in [0.05, 0.1) is 17.8 Å². The molecule has 17 heteroatoms. The molecule has 15 nitrogen and oxygen atoms in total. The van der Waals surface area contributed by atoms with E-state index in [1.54, 1.807) is 16.1 Å². The molecule has 6 fully saturated rings. The van der Waals surface area contributed by atoms with Gasteiger partial charge in [-0.05, 0) is 102 Å². The molecule has 3 aromatic rings. The van der Waals surface area contributed by atoms with E-state index < -0.39 is 29.1 Å². The number of hydrogen-bond acceptors (Lipinski definition) is 12. The van der Waals surface area contributed by atoms with Crippen LogP contribution in [-0.4, -0.2) is 138 Å². The van der Waals surface area contributed by atoms with E-state index >= 15 is 8.78 Å². The normalized spacial score (nSPS) is 23.8. The van der Waals surface area contributed by atoms with E-state index in [-0.39, 0.29) is 41.8 Å². The summed E-state index contributed by atoms with van der Waals surface area (Å²) >= 11 is 0. The Hall–Kier alpha value is -5.42. The number of hydrogen-bond donors (Lipinski definition) is 3. The van der Waals surface area contributed by atoms with Crippen molar-refractivity contribution in [3.63, 3.8) is 0 Å². The van der Waals surface area contributed by atoms with Crippen molar-refractivity contribution in [2.24, 2.45) is 10.8 Å². The van der Waals surface area contributed by atoms with Crippen LogP contribution in [0.5, 0.6) is 0 Å². The third-order valence-corrected chi connectivity index (χ3v) is 15.9. The number of anilines is 4. The lowest BCUT2D eigenvalue weighted by molar-refractivity contribution is -0.137. The Bertz CT molecular complexity index is 2380. The van der Waals surface area contributed by atoms with E-state index in [9.17, 15) is 19.2 Å². The summed E-state index contributed by atoms with van der Waals surface area (Å²) in [5.41, 5.74) is 2.96. The number of fused-ring (bicyclic) bond motifs is 1. The molecule has 0 radical (unpaired) electrons. The van der Waals surface area contributed by atoms with Crippen LogP contribution in [0.4, 0.5) is 31.8 Å². The lowest BCUT2D eigenvalue weighted by Crippen LogP contribution is -2.67. The summed E-state index contributed by atoms with van der Waals surface area (Å²) in [6, 6.07) is 10.3. The zero-order valence-corrected chi connectivity index (χ0v) is 38.5. The maximum Gasteiger partial charge on any atom is 0.255 e. The first-order valence-corrected chi connectivity index (χ1v) is 23.9. The zero-order valence-electron chi connectivity index (χ0n) is 38.5. The fourth-order valence-corrected chi connectivity index (χ4v) is 11.7. The Labute approximate surface area is 385 Å². The molecule has 3 N–H and O–H groups in total. The minimum absolute atomic E-state index is 0.0121. The summed E-state index contributed by atoms with van der Waals surface area (Å²) in [5.74, 6) is -0.179. The molecule has 10 rings (SSSR count). The second-order valence-electron chi connectivity index (χ2n) is 21.2. The van der Waals surface area contributed by atoms with E-state index in [0.29, 0.717) is 74.6 Å². The zero-order chi connectivity index (χ0) is 46.0. The molecule has 0 bridgehead atoms. The summed E-state index contributed by atoms with van der Waals surface area (Å²) in [4.78, 5) is 72.3. The molecular formula is C49H63F2N11O4. The van der Waals surface area contributed by atoms with Crippen molar-refractivity contribution in [2.45, 2.75) is 102 Å². The van der Waals surface area contributed by atoms with Gasteiger partial charge in [-0.3, -0.25) is 29.4 Å².